The molecule has 0 aliphatic rings. The van der Waals surface area contributed by atoms with Crippen molar-refractivity contribution in [2.45, 2.75) is 26.4 Å². The van der Waals surface area contributed by atoms with E-state index in [1.807, 2.05) is 0 Å². The van der Waals surface area contributed by atoms with E-state index in [0.717, 1.165) is 0 Å². The lowest BCUT2D eigenvalue weighted by Crippen LogP contribution is -2.36. The van der Waals surface area contributed by atoms with Gasteiger partial charge in [0.15, 0.2) is 5.82 Å². The van der Waals surface area contributed by atoms with Crippen LogP contribution in [0.4, 0.5) is 16.6 Å². The summed E-state index contributed by atoms with van der Waals surface area (Å²) in [6.45, 7) is 5.27. The highest BCUT2D eigenvalue weighted by atomic mass is 35.5. The maximum absolute atomic E-state index is 11.3. The van der Waals surface area contributed by atoms with Crippen LogP contribution in [0.25, 0.3) is 0 Å². The highest BCUT2D eigenvalue weighted by Crippen LogP contribution is 2.11. The third-order valence-corrected chi connectivity index (χ3v) is 1.60. The molecule has 8 heteroatoms. The van der Waals surface area contributed by atoms with Crippen LogP contribution in [-0.2, 0) is 4.74 Å². The van der Waals surface area contributed by atoms with Gasteiger partial charge in [0.05, 0.1) is 0 Å². The first-order chi connectivity index (χ1) is 7.76. The zero-order valence-electron chi connectivity index (χ0n) is 9.74. The average Bonchev–Trinajstić information content (AvgIpc) is 2.10. The minimum Gasteiger partial charge on any atom is -0.443 e. The molecule has 1 heterocycles. The predicted octanol–water partition coefficient (Wildman–Crippen LogP) is 1.56. The molecule has 17 heavy (non-hydrogen) atoms. The zero-order valence-corrected chi connectivity index (χ0v) is 10.5. The second-order valence-electron chi connectivity index (χ2n) is 4.19. The summed E-state index contributed by atoms with van der Waals surface area (Å²) < 4.78 is 5.00. The highest BCUT2D eigenvalue weighted by Gasteiger charge is 2.15. The van der Waals surface area contributed by atoms with Crippen molar-refractivity contribution < 1.29 is 9.53 Å². The molecule has 1 aromatic rings. The number of ether oxygens (including phenoxy) is 1. The number of hydrazine groups is 1. The summed E-state index contributed by atoms with van der Waals surface area (Å²) in [5.41, 5.74) is 9.60. The molecule has 1 amide bonds. The highest BCUT2D eigenvalue weighted by molar-refractivity contribution is 6.29. The standard InChI is InChI=1S/C9H14ClN5O2/c1-9(2,3)17-8(16)15-14-6-4-5(10)12-7(11)13-6/h4H,1-3H3,(H,15,16)(H3,11,12,13,14). The third-order valence-electron chi connectivity index (χ3n) is 1.40. The molecule has 1 rings (SSSR count). The molecule has 1 aromatic heterocycles. The fraction of sp³-hybridized carbons (Fsp3) is 0.444. The van der Waals surface area contributed by atoms with Crippen LogP contribution in [0, 0.1) is 0 Å². The number of nitrogens with one attached hydrogen (secondary N) is 2. The van der Waals surface area contributed by atoms with Gasteiger partial charge in [-0.3, -0.25) is 5.43 Å². The van der Waals surface area contributed by atoms with E-state index in [0.29, 0.717) is 0 Å². The second kappa shape index (κ2) is 5.05. The normalized spacial score (nSPS) is 10.8. The molecule has 7 nitrogen and oxygen atoms in total. The first-order valence-corrected chi connectivity index (χ1v) is 5.19. The summed E-state index contributed by atoms with van der Waals surface area (Å²) in [4.78, 5) is 18.8. The van der Waals surface area contributed by atoms with Crippen LogP contribution < -0.4 is 16.6 Å². The Balaban J connectivity index is 2.53. The fourth-order valence-corrected chi connectivity index (χ4v) is 1.11. The Morgan fingerprint density at radius 3 is 2.65 bits per heavy atom. The number of nitrogen functional groups attached to an aromatic ring is 1. The Morgan fingerprint density at radius 1 is 1.47 bits per heavy atom. The van der Waals surface area contributed by atoms with E-state index in [1.54, 1.807) is 20.8 Å². The number of nitrogens with zero attached hydrogens (tertiary/aromatic N) is 2. The lowest BCUT2D eigenvalue weighted by molar-refractivity contribution is 0.0541. The zero-order chi connectivity index (χ0) is 13.1. The first-order valence-electron chi connectivity index (χ1n) is 4.81. The van der Waals surface area contributed by atoms with Gasteiger partial charge in [-0.15, -0.1) is 0 Å². The van der Waals surface area contributed by atoms with Crippen molar-refractivity contribution in [1.29, 1.82) is 0 Å². The van der Waals surface area contributed by atoms with Crippen LogP contribution in [0.3, 0.4) is 0 Å². The van der Waals surface area contributed by atoms with Crippen molar-refractivity contribution >= 4 is 29.5 Å². The van der Waals surface area contributed by atoms with Crippen molar-refractivity contribution in [3.8, 4) is 0 Å². The Kier molecular flexibility index (Phi) is 3.95. The summed E-state index contributed by atoms with van der Waals surface area (Å²) in [6, 6.07) is 1.41. The Morgan fingerprint density at radius 2 is 2.12 bits per heavy atom. The smallest absolute Gasteiger partial charge is 0.426 e. The molecular weight excluding hydrogens is 246 g/mol. The minimum atomic E-state index is -0.634. The third kappa shape index (κ3) is 5.21. The largest absolute Gasteiger partial charge is 0.443 e. The van der Waals surface area contributed by atoms with Crippen molar-refractivity contribution in [2.75, 3.05) is 11.2 Å². The van der Waals surface area contributed by atoms with Crippen LogP contribution in [-0.4, -0.2) is 21.7 Å². The van der Waals surface area contributed by atoms with Crippen LogP contribution in [0.15, 0.2) is 6.07 Å². The van der Waals surface area contributed by atoms with Gasteiger partial charge in [0.2, 0.25) is 5.95 Å². The first kappa shape index (κ1) is 13.3. The molecule has 0 aliphatic heterocycles. The molecule has 94 valence electrons. The lowest BCUT2D eigenvalue weighted by atomic mass is 10.2. The maximum atomic E-state index is 11.3. The maximum Gasteiger partial charge on any atom is 0.426 e. The average molecular weight is 260 g/mol. The summed E-state index contributed by atoms with van der Waals surface area (Å²) >= 11 is 5.66. The quantitative estimate of drug-likeness (QED) is 0.550. The monoisotopic (exact) mass is 259 g/mol. The molecule has 0 radical (unpaired) electrons. The summed E-state index contributed by atoms with van der Waals surface area (Å²) in [6.07, 6.45) is -0.634. The number of rotatable bonds is 2. The van der Waals surface area contributed by atoms with Crippen molar-refractivity contribution in [3.05, 3.63) is 11.2 Å². The molecule has 0 fully saturated rings. The molecule has 0 aromatic carbocycles. The van der Waals surface area contributed by atoms with Gasteiger partial charge in [0.1, 0.15) is 10.8 Å². The van der Waals surface area contributed by atoms with E-state index in [2.05, 4.69) is 20.8 Å². The van der Waals surface area contributed by atoms with Crippen molar-refractivity contribution in [2.24, 2.45) is 0 Å². The van der Waals surface area contributed by atoms with Gasteiger partial charge in [-0.2, -0.15) is 4.98 Å². The van der Waals surface area contributed by atoms with Crippen LogP contribution in [0.1, 0.15) is 20.8 Å². The summed E-state index contributed by atoms with van der Waals surface area (Å²) in [5.74, 6) is 0.277. The molecule has 0 saturated heterocycles. The van der Waals surface area contributed by atoms with Gasteiger partial charge in [-0.1, -0.05) is 11.6 Å². The van der Waals surface area contributed by atoms with Gasteiger partial charge in [-0.25, -0.2) is 15.2 Å². The van der Waals surface area contributed by atoms with Crippen LogP contribution in [0.2, 0.25) is 5.15 Å². The number of nitrogens with two attached hydrogens (primary N) is 1. The Bertz CT molecular complexity index is 398. The van der Waals surface area contributed by atoms with Gasteiger partial charge in [-0.05, 0) is 20.8 Å². The SMILES string of the molecule is CC(C)(C)OC(=O)NNc1cc(Cl)nc(N)n1. The summed E-state index contributed by atoms with van der Waals surface area (Å²) in [5, 5.41) is 0.172. The number of hydrogen-bond acceptors (Lipinski definition) is 6. The molecule has 0 bridgehead atoms. The Hall–Kier alpha value is -1.76. The minimum absolute atomic E-state index is 0.00555. The van der Waals surface area contributed by atoms with Crippen molar-refractivity contribution in [3.63, 3.8) is 0 Å². The van der Waals surface area contributed by atoms with Gasteiger partial charge < -0.3 is 10.5 Å². The van der Waals surface area contributed by atoms with E-state index in [1.165, 1.54) is 6.07 Å². The predicted molar refractivity (Wildman–Crippen MR) is 64.4 cm³/mol. The van der Waals surface area contributed by atoms with Gasteiger partial charge in [0.25, 0.3) is 0 Å². The number of anilines is 2. The molecule has 0 unspecified atom stereocenters. The molecular formula is C9H14ClN5O2. The molecule has 0 spiro atoms. The van der Waals surface area contributed by atoms with E-state index in [9.17, 15) is 4.79 Å². The topological polar surface area (TPSA) is 102 Å². The van der Waals surface area contributed by atoms with E-state index in [-0.39, 0.29) is 16.9 Å². The second-order valence-corrected chi connectivity index (χ2v) is 4.57. The van der Waals surface area contributed by atoms with Gasteiger partial charge >= 0.3 is 6.09 Å². The Labute approximate surface area is 104 Å². The molecule has 0 aliphatic carbocycles. The number of amides is 1. The van der Waals surface area contributed by atoms with E-state index in [4.69, 9.17) is 22.1 Å². The lowest BCUT2D eigenvalue weighted by Gasteiger charge is -2.19. The number of carbonyl (C=O) groups is 1. The number of halogens is 1. The molecule has 0 atom stereocenters. The summed E-state index contributed by atoms with van der Waals surface area (Å²) in [7, 11) is 0. The van der Waals surface area contributed by atoms with E-state index >= 15 is 0 Å². The van der Waals surface area contributed by atoms with Crippen LogP contribution in [0.5, 0.6) is 0 Å². The van der Waals surface area contributed by atoms with Gasteiger partial charge in [0, 0.05) is 6.07 Å². The number of aromatic nitrogens is 2. The van der Waals surface area contributed by atoms with Crippen molar-refractivity contribution in [1.82, 2.24) is 15.4 Å². The van der Waals surface area contributed by atoms with Crippen LogP contribution >= 0.6 is 11.6 Å². The molecule has 0 saturated carbocycles. The molecule has 4 N–H and O–H groups in total. The number of hydrogen-bond donors (Lipinski definition) is 3. The van der Waals surface area contributed by atoms with E-state index < -0.39 is 11.7 Å². The number of carbonyl (C=O) groups excluding carboxylic acids is 1. The fourth-order valence-electron chi connectivity index (χ4n) is 0.918.